The van der Waals surface area contributed by atoms with Crippen molar-refractivity contribution in [3.05, 3.63) is 12.4 Å². The van der Waals surface area contributed by atoms with Crippen molar-refractivity contribution in [1.82, 2.24) is 14.9 Å². The summed E-state index contributed by atoms with van der Waals surface area (Å²) in [6.45, 7) is 7.32. The molecule has 0 saturated carbocycles. The average Bonchev–Trinajstić information content (AvgIpc) is 2.64. The Morgan fingerprint density at radius 2 is 2.35 bits per heavy atom. The Morgan fingerprint density at radius 3 is 2.82 bits per heavy atom. The van der Waals surface area contributed by atoms with Crippen LogP contribution in [0.25, 0.3) is 0 Å². The maximum atomic E-state index is 9.45. The van der Waals surface area contributed by atoms with Crippen LogP contribution in [0.15, 0.2) is 17.6 Å². The van der Waals surface area contributed by atoms with E-state index in [0.717, 1.165) is 18.1 Å². The number of rotatable bonds is 7. The lowest BCUT2D eigenvalue weighted by Crippen LogP contribution is -2.47. The molecule has 17 heavy (non-hydrogen) atoms. The fourth-order valence-corrected chi connectivity index (χ4v) is 3.10. The summed E-state index contributed by atoms with van der Waals surface area (Å²) < 4.78 is 2.02. The molecule has 0 bridgehead atoms. The van der Waals surface area contributed by atoms with Crippen LogP contribution >= 0.6 is 11.8 Å². The quantitative estimate of drug-likeness (QED) is 0.729. The van der Waals surface area contributed by atoms with Gasteiger partial charge in [-0.25, -0.2) is 4.98 Å². The van der Waals surface area contributed by atoms with Crippen LogP contribution < -0.4 is 5.32 Å². The largest absolute Gasteiger partial charge is 0.394 e. The van der Waals surface area contributed by atoms with Crippen LogP contribution in [0.3, 0.4) is 0 Å². The van der Waals surface area contributed by atoms with Crippen molar-refractivity contribution >= 4 is 11.8 Å². The second kappa shape index (κ2) is 6.42. The molecule has 0 fully saturated rings. The molecule has 1 rings (SSSR count). The van der Waals surface area contributed by atoms with Gasteiger partial charge >= 0.3 is 0 Å². The number of imidazole rings is 1. The molecule has 2 N–H and O–H groups in total. The highest BCUT2D eigenvalue weighted by atomic mass is 32.2. The van der Waals surface area contributed by atoms with E-state index in [4.69, 9.17) is 0 Å². The summed E-state index contributed by atoms with van der Waals surface area (Å²) in [6, 6.07) is 0. The molecule has 0 aliphatic carbocycles. The molecule has 0 aromatic carbocycles. The number of aromatic nitrogens is 2. The Hall–Kier alpha value is -0.520. The number of hydrogen-bond donors (Lipinski definition) is 2. The minimum atomic E-state index is -0.202. The van der Waals surface area contributed by atoms with Crippen LogP contribution in [-0.4, -0.2) is 38.6 Å². The van der Waals surface area contributed by atoms with Crippen molar-refractivity contribution in [2.75, 3.05) is 13.2 Å². The van der Waals surface area contributed by atoms with E-state index in [2.05, 4.69) is 31.1 Å². The van der Waals surface area contributed by atoms with Crippen LogP contribution in [0.2, 0.25) is 0 Å². The van der Waals surface area contributed by atoms with Crippen molar-refractivity contribution in [1.29, 1.82) is 0 Å². The molecular formula is C12H23N3OS. The van der Waals surface area contributed by atoms with E-state index >= 15 is 0 Å². The number of aryl methyl sites for hydroxylation is 1. The van der Waals surface area contributed by atoms with Crippen LogP contribution in [0, 0.1) is 0 Å². The monoisotopic (exact) mass is 257 g/mol. The highest BCUT2D eigenvalue weighted by Crippen LogP contribution is 2.27. The fraction of sp³-hybridized carbons (Fsp3) is 0.750. The van der Waals surface area contributed by atoms with Crippen LogP contribution in [0.5, 0.6) is 0 Å². The van der Waals surface area contributed by atoms with Gasteiger partial charge in [0.1, 0.15) is 0 Å². The Kier molecular flexibility index (Phi) is 5.49. The molecule has 0 radical (unpaired) electrons. The predicted molar refractivity (Wildman–Crippen MR) is 72.3 cm³/mol. The molecule has 1 aromatic heterocycles. The van der Waals surface area contributed by atoms with Gasteiger partial charge in [-0.3, -0.25) is 0 Å². The summed E-state index contributed by atoms with van der Waals surface area (Å²) >= 11 is 1.75. The van der Waals surface area contributed by atoms with Gasteiger partial charge in [0.2, 0.25) is 0 Å². The van der Waals surface area contributed by atoms with E-state index in [1.165, 1.54) is 0 Å². The Balaban J connectivity index is 2.53. The molecule has 98 valence electrons. The Morgan fingerprint density at radius 1 is 1.65 bits per heavy atom. The van der Waals surface area contributed by atoms with Crippen LogP contribution in [-0.2, 0) is 7.05 Å². The molecule has 1 aromatic rings. The SMILES string of the molecule is CCNC(C)(CO)CC(C)Sc1nccn1C. The van der Waals surface area contributed by atoms with Crippen molar-refractivity contribution in [2.24, 2.45) is 7.05 Å². The molecule has 5 heteroatoms. The summed E-state index contributed by atoms with van der Waals surface area (Å²) in [5.74, 6) is 0. The molecule has 0 spiro atoms. The maximum Gasteiger partial charge on any atom is 0.167 e. The van der Waals surface area contributed by atoms with Crippen LogP contribution in [0.1, 0.15) is 27.2 Å². The van der Waals surface area contributed by atoms with Gasteiger partial charge in [-0.2, -0.15) is 0 Å². The standard InChI is InChI=1S/C12H23N3OS/c1-5-14-12(3,9-16)8-10(2)17-11-13-6-7-15(11)4/h6-7,10,14,16H,5,8-9H2,1-4H3. The van der Waals surface area contributed by atoms with Gasteiger partial charge in [0.15, 0.2) is 5.16 Å². The molecule has 0 amide bonds. The van der Waals surface area contributed by atoms with E-state index in [1.807, 2.05) is 24.0 Å². The normalized spacial score (nSPS) is 16.8. The second-order valence-electron chi connectivity index (χ2n) is 4.70. The van der Waals surface area contributed by atoms with E-state index in [-0.39, 0.29) is 12.1 Å². The summed E-state index contributed by atoms with van der Waals surface area (Å²) in [5, 5.41) is 14.2. The molecule has 0 aliphatic rings. The number of aliphatic hydroxyl groups is 1. The summed E-state index contributed by atoms with van der Waals surface area (Å²) in [7, 11) is 2.00. The predicted octanol–water partition coefficient (Wildman–Crippen LogP) is 1.65. The van der Waals surface area contributed by atoms with E-state index in [1.54, 1.807) is 11.8 Å². The smallest absolute Gasteiger partial charge is 0.167 e. The first-order valence-corrected chi connectivity index (χ1v) is 6.88. The Bertz CT molecular complexity index is 342. The number of thioether (sulfide) groups is 1. The molecule has 2 unspecified atom stereocenters. The van der Waals surface area contributed by atoms with Crippen molar-refractivity contribution < 1.29 is 5.11 Å². The van der Waals surface area contributed by atoms with E-state index in [9.17, 15) is 5.11 Å². The minimum Gasteiger partial charge on any atom is -0.394 e. The third-order valence-corrected chi connectivity index (χ3v) is 3.95. The fourth-order valence-electron chi connectivity index (χ4n) is 1.94. The van der Waals surface area contributed by atoms with Gasteiger partial charge in [0.25, 0.3) is 0 Å². The number of nitrogens with one attached hydrogen (secondary N) is 1. The molecule has 2 atom stereocenters. The van der Waals surface area contributed by atoms with Crippen molar-refractivity contribution in [3.63, 3.8) is 0 Å². The highest BCUT2D eigenvalue weighted by molar-refractivity contribution is 7.99. The van der Waals surface area contributed by atoms with Gasteiger partial charge in [0.05, 0.1) is 6.61 Å². The molecule has 0 saturated heterocycles. The first-order chi connectivity index (χ1) is 8.00. The highest BCUT2D eigenvalue weighted by Gasteiger charge is 2.25. The van der Waals surface area contributed by atoms with Gasteiger partial charge < -0.3 is 15.0 Å². The molecule has 1 heterocycles. The van der Waals surface area contributed by atoms with Gasteiger partial charge in [0, 0.05) is 30.2 Å². The zero-order chi connectivity index (χ0) is 12.9. The van der Waals surface area contributed by atoms with Gasteiger partial charge in [-0.15, -0.1) is 0 Å². The van der Waals surface area contributed by atoms with Crippen molar-refractivity contribution in [2.45, 2.75) is 43.1 Å². The number of nitrogens with zero attached hydrogens (tertiary/aromatic N) is 2. The van der Waals surface area contributed by atoms with Crippen molar-refractivity contribution in [3.8, 4) is 0 Å². The maximum absolute atomic E-state index is 9.45. The lowest BCUT2D eigenvalue weighted by atomic mass is 9.97. The number of aliphatic hydroxyl groups excluding tert-OH is 1. The molecule has 4 nitrogen and oxygen atoms in total. The first-order valence-electron chi connectivity index (χ1n) is 6.00. The molecular weight excluding hydrogens is 234 g/mol. The van der Waals surface area contributed by atoms with E-state index in [0.29, 0.717) is 5.25 Å². The van der Waals surface area contributed by atoms with E-state index < -0.39 is 0 Å². The number of hydrogen-bond acceptors (Lipinski definition) is 4. The zero-order valence-electron chi connectivity index (χ0n) is 11.1. The van der Waals surface area contributed by atoms with Crippen LogP contribution in [0.4, 0.5) is 0 Å². The zero-order valence-corrected chi connectivity index (χ0v) is 11.9. The average molecular weight is 257 g/mol. The third kappa shape index (κ3) is 4.33. The Labute approximate surface area is 108 Å². The lowest BCUT2D eigenvalue weighted by Gasteiger charge is -2.30. The summed E-state index contributed by atoms with van der Waals surface area (Å²) in [6.07, 6.45) is 4.67. The number of likely N-dealkylation sites (N-methyl/N-ethyl adjacent to an activating group) is 1. The second-order valence-corrected chi connectivity index (χ2v) is 6.11. The summed E-state index contributed by atoms with van der Waals surface area (Å²) in [5.41, 5.74) is -0.202. The molecule has 0 aliphatic heterocycles. The third-order valence-electron chi connectivity index (χ3n) is 2.77. The topological polar surface area (TPSA) is 50.1 Å². The van der Waals surface area contributed by atoms with Gasteiger partial charge in [-0.1, -0.05) is 25.6 Å². The summed E-state index contributed by atoms with van der Waals surface area (Å²) in [4.78, 5) is 4.30. The van der Waals surface area contributed by atoms with Gasteiger partial charge in [-0.05, 0) is 19.9 Å². The lowest BCUT2D eigenvalue weighted by molar-refractivity contribution is 0.168. The first kappa shape index (κ1) is 14.5. The minimum absolute atomic E-state index is 0.159.